The number of rotatable bonds is 7. The SMILES string of the molecule is COC(=O)c1ccc(CNC(=O)CCOc2ccccc2F)cc1. The van der Waals surface area contributed by atoms with Gasteiger partial charge in [-0.05, 0) is 29.8 Å². The predicted octanol–water partition coefficient (Wildman–Crippen LogP) is 2.70. The third-order valence-electron chi connectivity index (χ3n) is 3.29. The second-order valence-corrected chi connectivity index (χ2v) is 4.99. The molecule has 1 N–H and O–H groups in total. The van der Waals surface area contributed by atoms with E-state index in [1.165, 1.54) is 19.2 Å². The Bertz CT molecular complexity index is 700. The minimum Gasteiger partial charge on any atom is -0.490 e. The second-order valence-electron chi connectivity index (χ2n) is 4.99. The number of benzene rings is 2. The predicted molar refractivity (Wildman–Crippen MR) is 86.1 cm³/mol. The van der Waals surface area contributed by atoms with E-state index in [1.54, 1.807) is 36.4 Å². The summed E-state index contributed by atoms with van der Waals surface area (Å²) in [7, 11) is 1.32. The van der Waals surface area contributed by atoms with Crippen molar-refractivity contribution in [2.24, 2.45) is 0 Å². The van der Waals surface area contributed by atoms with Crippen molar-refractivity contribution in [3.63, 3.8) is 0 Å². The summed E-state index contributed by atoms with van der Waals surface area (Å²) in [5, 5.41) is 2.73. The second kappa shape index (κ2) is 8.67. The fraction of sp³-hybridized carbons (Fsp3) is 0.222. The number of esters is 1. The number of nitrogens with one attached hydrogen (secondary N) is 1. The first-order chi connectivity index (χ1) is 11.6. The van der Waals surface area contributed by atoms with Crippen LogP contribution in [0.4, 0.5) is 4.39 Å². The normalized spacial score (nSPS) is 10.1. The van der Waals surface area contributed by atoms with Gasteiger partial charge in [-0.15, -0.1) is 0 Å². The monoisotopic (exact) mass is 331 g/mol. The molecular formula is C18H18FNO4. The van der Waals surface area contributed by atoms with Gasteiger partial charge in [0.15, 0.2) is 11.6 Å². The first kappa shape index (κ1) is 17.5. The molecule has 0 unspecified atom stereocenters. The maximum Gasteiger partial charge on any atom is 0.337 e. The molecule has 0 saturated heterocycles. The molecule has 1 amide bonds. The van der Waals surface area contributed by atoms with E-state index in [9.17, 15) is 14.0 Å². The van der Waals surface area contributed by atoms with Crippen molar-refractivity contribution in [1.82, 2.24) is 5.32 Å². The fourth-order valence-electron chi connectivity index (χ4n) is 1.98. The molecule has 0 atom stereocenters. The van der Waals surface area contributed by atoms with E-state index in [4.69, 9.17) is 4.74 Å². The smallest absolute Gasteiger partial charge is 0.337 e. The Hall–Kier alpha value is -2.89. The van der Waals surface area contributed by atoms with Crippen molar-refractivity contribution in [2.75, 3.05) is 13.7 Å². The van der Waals surface area contributed by atoms with E-state index < -0.39 is 11.8 Å². The maximum atomic E-state index is 13.3. The minimum atomic E-state index is -0.455. The highest BCUT2D eigenvalue weighted by atomic mass is 19.1. The molecule has 126 valence electrons. The number of halogens is 1. The van der Waals surface area contributed by atoms with Gasteiger partial charge in [0.2, 0.25) is 5.91 Å². The lowest BCUT2D eigenvalue weighted by Gasteiger charge is -2.08. The Balaban J connectivity index is 1.73. The Morgan fingerprint density at radius 3 is 2.46 bits per heavy atom. The molecule has 0 spiro atoms. The Morgan fingerprint density at radius 1 is 1.08 bits per heavy atom. The van der Waals surface area contributed by atoms with Crippen LogP contribution in [0, 0.1) is 5.82 Å². The van der Waals surface area contributed by atoms with Crippen molar-refractivity contribution in [3.05, 3.63) is 65.5 Å². The van der Waals surface area contributed by atoms with Crippen LogP contribution in [0.5, 0.6) is 5.75 Å². The number of hydrogen-bond donors (Lipinski definition) is 1. The highest BCUT2D eigenvalue weighted by Gasteiger charge is 2.06. The number of amides is 1. The van der Waals surface area contributed by atoms with Gasteiger partial charge < -0.3 is 14.8 Å². The summed E-state index contributed by atoms with van der Waals surface area (Å²) < 4.78 is 23.2. The van der Waals surface area contributed by atoms with Gasteiger partial charge in [0.25, 0.3) is 0 Å². The lowest BCUT2D eigenvalue weighted by Crippen LogP contribution is -2.24. The van der Waals surface area contributed by atoms with Crippen LogP contribution in [0.15, 0.2) is 48.5 Å². The number of carbonyl (C=O) groups excluding carboxylic acids is 2. The van der Waals surface area contributed by atoms with Crippen LogP contribution >= 0.6 is 0 Å². The first-order valence-electron chi connectivity index (χ1n) is 7.41. The van der Waals surface area contributed by atoms with Gasteiger partial charge in [-0.2, -0.15) is 0 Å². The van der Waals surface area contributed by atoms with Gasteiger partial charge in [-0.3, -0.25) is 4.79 Å². The molecule has 24 heavy (non-hydrogen) atoms. The lowest BCUT2D eigenvalue weighted by molar-refractivity contribution is -0.121. The van der Waals surface area contributed by atoms with E-state index in [1.807, 2.05) is 0 Å². The zero-order valence-corrected chi connectivity index (χ0v) is 13.3. The first-order valence-corrected chi connectivity index (χ1v) is 7.41. The van der Waals surface area contributed by atoms with Crippen LogP contribution in [-0.4, -0.2) is 25.6 Å². The largest absolute Gasteiger partial charge is 0.490 e. The van der Waals surface area contributed by atoms with Gasteiger partial charge in [-0.1, -0.05) is 24.3 Å². The molecule has 0 aliphatic rings. The van der Waals surface area contributed by atoms with Gasteiger partial charge in [0, 0.05) is 6.54 Å². The van der Waals surface area contributed by atoms with Gasteiger partial charge in [0.1, 0.15) is 0 Å². The van der Waals surface area contributed by atoms with Gasteiger partial charge in [0.05, 0.1) is 25.7 Å². The van der Waals surface area contributed by atoms with Crippen LogP contribution in [0.25, 0.3) is 0 Å². The summed E-state index contributed by atoms with van der Waals surface area (Å²) in [5.41, 5.74) is 1.30. The molecule has 2 rings (SSSR count). The quantitative estimate of drug-likeness (QED) is 0.792. The average molecular weight is 331 g/mol. The highest BCUT2D eigenvalue weighted by Crippen LogP contribution is 2.15. The van der Waals surface area contributed by atoms with Crippen LogP contribution < -0.4 is 10.1 Å². The zero-order chi connectivity index (χ0) is 17.4. The highest BCUT2D eigenvalue weighted by molar-refractivity contribution is 5.89. The van der Waals surface area contributed by atoms with Crippen molar-refractivity contribution in [3.8, 4) is 5.75 Å². The van der Waals surface area contributed by atoms with E-state index in [-0.39, 0.29) is 24.7 Å². The molecular weight excluding hydrogens is 313 g/mol. The summed E-state index contributed by atoms with van der Waals surface area (Å²) in [5.74, 6) is -0.938. The topological polar surface area (TPSA) is 64.6 Å². The Kier molecular flexibility index (Phi) is 6.31. The van der Waals surface area contributed by atoms with Gasteiger partial charge >= 0.3 is 5.97 Å². The molecule has 0 radical (unpaired) electrons. The van der Waals surface area contributed by atoms with Crippen molar-refractivity contribution in [1.29, 1.82) is 0 Å². The molecule has 2 aromatic carbocycles. The Labute approximate surface area is 139 Å². The third kappa shape index (κ3) is 5.08. The van der Waals surface area contributed by atoms with Crippen molar-refractivity contribution in [2.45, 2.75) is 13.0 Å². The van der Waals surface area contributed by atoms with Crippen molar-refractivity contribution >= 4 is 11.9 Å². The summed E-state index contributed by atoms with van der Waals surface area (Å²) in [6.45, 7) is 0.425. The fourth-order valence-corrected chi connectivity index (χ4v) is 1.98. The van der Waals surface area contributed by atoms with Crippen LogP contribution in [0.1, 0.15) is 22.3 Å². The number of ether oxygens (including phenoxy) is 2. The molecule has 0 fully saturated rings. The molecule has 2 aromatic rings. The van der Waals surface area contributed by atoms with Crippen LogP contribution in [0.2, 0.25) is 0 Å². The molecule has 0 saturated carbocycles. The third-order valence-corrected chi connectivity index (χ3v) is 3.29. The van der Waals surface area contributed by atoms with E-state index in [0.29, 0.717) is 12.1 Å². The van der Waals surface area contributed by atoms with E-state index >= 15 is 0 Å². The molecule has 0 heterocycles. The molecule has 6 heteroatoms. The Morgan fingerprint density at radius 2 is 1.79 bits per heavy atom. The summed E-state index contributed by atoms with van der Waals surface area (Å²) in [4.78, 5) is 23.1. The summed E-state index contributed by atoms with van der Waals surface area (Å²) in [6.07, 6.45) is 0.120. The molecule has 0 aromatic heterocycles. The number of methoxy groups -OCH3 is 1. The molecule has 0 aliphatic heterocycles. The molecule has 0 bridgehead atoms. The van der Waals surface area contributed by atoms with E-state index in [0.717, 1.165) is 5.56 Å². The zero-order valence-electron chi connectivity index (χ0n) is 13.3. The minimum absolute atomic E-state index is 0.0913. The van der Waals surface area contributed by atoms with Crippen LogP contribution in [0.3, 0.4) is 0 Å². The molecule has 5 nitrogen and oxygen atoms in total. The van der Waals surface area contributed by atoms with E-state index in [2.05, 4.69) is 10.1 Å². The lowest BCUT2D eigenvalue weighted by atomic mass is 10.1. The number of para-hydroxylation sites is 1. The summed E-state index contributed by atoms with van der Waals surface area (Å²) in [6, 6.07) is 12.8. The maximum absolute atomic E-state index is 13.3. The number of carbonyl (C=O) groups is 2. The number of hydrogen-bond acceptors (Lipinski definition) is 4. The molecule has 0 aliphatic carbocycles. The standard InChI is InChI=1S/C18H18FNO4/c1-23-18(22)14-8-6-13(7-9-14)12-20-17(21)10-11-24-16-5-3-2-4-15(16)19/h2-9H,10-12H2,1H3,(H,20,21). The van der Waals surface area contributed by atoms with Crippen LogP contribution in [-0.2, 0) is 16.1 Å². The van der Waals surface area contributed by atoms with Gasteiger partial charge in [-0.25, -0.2) is 9.18 Å². The average Bonchev–Trinajstić information content (AvgIpc) is 2.61. The summed E-state index contributed by atoms with van der Waals surface area (Å²) >= 11 is 0. The van der Waals surface area contributed by atoms with Crippen molar-refractivity contribution < 1.29 is 23.5 Å².